The number of hydrogen-bond donors (Lipinski definition) is 0. The second kappa shape index (κ2) is 4.66. The summed E-state index contributed by atoms with van der Waals surface area (Å²) in [4.78, 5) is 0. The Morgan fingerprint density at radius 3 is 3.18 bits per heavy atom. The molecule has 11 heavy (non-hydrogen) atoms. The van der Waals surface area contributed by atoms with Gasteiger partial charge in [0.15, 0.2) is 0 Å². The third kappa shape index (κ3) is 3.15. The van der Waals surface area contributed by atoms with Crippen LogP contribution in [0.4, 0.5) is 0 Å². The van der Waals surface area contributed by atoms with Crippen molar-refractivity contribution in [2.24, 2.45) is 0 Å². The first-order valence-electron chi connectivity index (χ1n) is 3.03. The number of nitrogens with zero attached hydrogens (tertiary/aromatic N) is 1. The van der Waals surface area contributed by atoms with E-state index in [2.05, 4.69) is 0 Å². The molecule has 1 heterocycles. The van der Waals surface area contributed by atoms with Gasteiger partial charge in [0.1, 0.15) is 5.38 Å². The maximum absolute atomic E-state index is 8.37. The van der Waals surface area contributed by atoms with Crippen LogP contribution in [0.5, 0.6) is 0 Å². The molecule has 0 N–H and O–H groups in total. The normalized spacial score (nSPS) is 12.4. The summed E-state index contributed by atoms with van der Waals surface area (Å²) in [6.45, 7) is 0. The van der Waals surface area contributed by atoms with Crippen LogP contribution >= 0.6 is 34.7 Å². The van der Waals surface area contributed by atoms with Gasteiger partial charge in [-0.3, -0.25) is 0 Å². The molecule has 0 saturated carbocycles. The largest absolute Gasteiger partial charge is 0.197 e. The second-order valence-electron chi connectivity index (χ2n) is 1.84. The van der Waals surface area contributed by atoms with Gasteiger partial charge in [-0.25, -0.2) is 0 Å². The van der Waals surface area contributed by atoms with Crippen LogP contribution in [0.25, 0.3) is 0 Å². The summed E-state index contributed by atoms with van der Waals surface area (Å²) < 4.78 is 1.21. The highest BCUT2D eigenvalue weighted by Gasteiger charge is 2.02. The number of thioether (sulfide) groups is 1. The van der Waals surface area contributed by atoms with Gasteiger partial charge in [0.05, 0.1) is 10.3 Å². The number of halogens is 1. The lowest BCUT2D eigenvalue weighted by atomic mass is 10.5. The van der Waals surface area contributed by atoms with Gasteiger partial charge in [0.25, 0.3) is 0 Å². The van der Waals surface area contributed by atoms with Crippen molar-refractivity contribution in [2.45, 2.75) is 9.59 Å². The molecule has 1 atom stereocenters. The summed E-state index contributed by atoms with van der Waals surface area (Å²) in [5, 5.41) is 10.0. The minimum absolute atomic E-state index is 0.373. The molecule has 0 radical (unpaired) electrons. The smallest absolute Gasteiger partial charge is 0.129 e. The molecule has 0 aromatic carbocycles. The maximum atomic E-state index is 8.37. The van der Waals surface area contributed by atoms with E-state index in [-0.39, 0.29) is 5.38 Å². The van der Waals surface area contributed by atoms with Crippen LogP contribution in [0, 0.1) is 11.3 Å². The van der Waals surface area contributed by atoms with Crippen LogP contribution in [-0.4, -0.2) is 11.1 Å². The average Bonchev–Trinajstić information content (AvgIpc) is 2.52. The predicted octanol–water partition coefficient (Wildman–Crippen LogP) is 2.97. The molecular formula is C7H6ClNS2. The lowest BCUT2D eigenvalue weighted by Crippen LogP contribution is -1.95. The van der Waals surface area contributed by atoms with Crippen molar-refractivity contribution in [1.82, 2.24) is 0 Å². The lowest BCUT2D eigenvalue weighted by Gasteiger charge is -1.96. The molecular weight excluding hydrogens is 198 g/mol. The topological polar surface area (TPSA) is 23.8 Å². The van der Waals surface area contributed by atoms with Crippen molar-refractivity contribution in [3.8, 4) is 6.07 Å². The summed E-state index contributed by atoms with van der Waals surface area (Å²) in [7, 11) is 0. The Hall–Kier alpha value is -0.170. The molecule has 1 nitrogen and oxygen atoms in total. The Morgan fingerprint density at radius 1 is 1.82 bits per heavy atom. The molecule has 4 heteroatoms. The standard InChI is InChI=1S/C7H6ClNS2/c8-6(4-9)5-11-7-2-1-3-10-7/h1-3,6H,5H2. The molecule has 1 unspecified atom stereocenters. The molecule has 58 valence electrons. The van der Waals surface area contributed by atoms with Gasteiger partial charge < -0.3 is 0 Å². The zero-order chi connectivity index (χ0) is 8.10. The zero-order valence-corrected chi connectivity index (χ0v) is 8.05. The summed E-state index contributed by atoms with van der Waals surface area (Å²) in [6, 6.07) is 5.99. The first-order chi connectivity index (χ1) is 5.33. The molecule has 0 aliphatic heterocycles. The average molecular weight is 204 g/mol. The summed E-state index contributed by atoms with van der Waals surface area (Å²) in [5.41, 5.74) is 0. The number of alkyl halides is 1. The van der Waals surface area contributed by atoms with E-state index >= 15 is 0 Å². The fourth-order valence-corrected chi connectivity index (χ4v) is 2.38. The van der Waals surface area contributed by atoms with Crippen LogP contribution in [0.15, 0.2) is 21.7 Å². The maximum Gasteiger partial charge on any atom is 0.129 e. The number of rotatable bonds is 3. The van der Waals surface area contributed by atoms with Gasteiger partial charge in [-0.2, -0.15) is 5.26 Å². The van der Waals surface area contributed by atoms with Crippen molar-refractivity contribution in [3.05, 3.63) is 17.5 Å². The van der Waals surface area contributed by atoms with Crippen molar-refractivity contribution in [1.29, 1.82) is 5.26 Å². The van der Waals surface area contributed by atoms with E-state index in [1.807, 2.05) is 23.6 Å². The van der Waals surface area contributed by atoms with Gasteiger partial charge in [-0.05, 0) is 11.4 Å². The zero-order valence-electron chi connectivity index (χ0n) is 5.66. The molecule has 1 aromatic rings. The molecule has 0 aliphatic rings. The second-order valence-corrected chi connectivity index (χ2v) is 4.63. The Kier molecular flexibility index (Phi) is 3.78. The van der Waals surface area contributed by atoms with Gasteiger partial charge in [0, 0.05) is 5.75 Å². The van der Waals surface area contributed by atoms with E-state index in [1.54, 1.807) is 23.1 Å². The van der Waals surface area contributed by atoms with Crippen molar-refractivity contribution in [2.75, 3.05) is 5.75 Å². The summed E-state index contributed by atoms with van der Waals surface area (Å²) in [5.74, 6) is 0.665. The van der Waals surface area contributed by atoms with E-state index in [9.17, 15) is 0 Å². The van der Waals surface area contributed by atoms with Gasteiger partial charge >= 0.3 is 0 Å². The van der Waals surface area contributed by atoms with Crippen molar-refractivity contribution < 1.29 is 0 Å². The van der Waals surface area contributed by atoms with E-state index in [4.69, 9.17) is 16.9 Å². The molecule has 0 bridgehead atoms. The van der Waals surface area contributed by atoms with Gasteiger partial charge in [-0.15, -0.1) is 34.7 Å². The Labute approximate surface area is 79.0 Å². The number of hydrogen-bond acceptors (Lipinski definition) is 3. The van der Waals surface area contributed by atoms with E-state index in [0.29, 0.717) is 5.75 Å². The highest BCUT2D eigenvalue weighted by molar-refractivity contribution is 8.01. The third-order valence-corrected chi connectivity index (χ3v) is 3.67. The Morgan fingerprint density at radius 2 is 2.64 bits per heavy atom. The highest BCUT2D eigenvalue weighted by Crippen LogP contribution is 2.24. The van der Waals surface area contributed by atoms with Crippen LogP contribution in [0.2, 0.25) is 0 Å². The van der Waals surface area contributed by atoms with Gasteiger partial charge in [0.2, 0.25) is 0 Å². The molecule has 0 spiro atoms. The van der Waals surface area contributed by atoms with E-state index in [0.717, 1.165) is 0 Å². The molecule has 1 aromatic heterocycles. The van der Waals surface area contributed by atoms with Gasteiger partial charge in [-0.1, -0.05) is 6.07 Å². The van der Waals surface area contributed by atoms with E-state index < -0.39 is 0 Å². The highest BCUT2D eigenvalue weighted by atomic mass is 35.5. The van der Waals surface area contributed by atoms with Crippen molar-refractivity contribution in [3.63, 3.8) is 0 Å². The van der Waals surface area contributed by atoms with Crippen LogP contribution in [0.3, 0.4) is 0 Å². The van der Waals surface area contributed by atoms with Crippen LogP contribution in [-0.2, 0) is 0 Å². The monoisotopic (exact) mass is 203 g/mol. The summed E-state index contributed by atoms with van der Waals surface area (Å²) >= 11 is 8.90. The molecule has 0 aliphatic carbocycles. The Bertz CT molecular complexity index is 239. The first kappa shape index (κ1) is 8.92. The lowest BCUT2D eigenvalue weighted by molar-refractivity contribution is 1.24. The fraction of sp³-hybridized carbons (Fsp3) is 0.286. The van der Waals surface area contributed by atoms with Crippen LogP contribution < -0.4 is 0 Å². The SMILES string of the molecule is N#CC(Cl)CSc1cccs1. The minimum Gasteiger partial charge on any atom is -0.197 e. The molecule has 0 amide bonds. The first-order valence-corrected chi connectivity index (χ1v) is 5.33. The Balaban J connectivity index is 2.30. The fourth-order valence-electron chi connectivity index (χ4n) is 0.538. The number of nitriles is 1. The molecule has 1 rings (SSSR count). The number of thiophene rings is 1. The van der Waals surface area contributed by atoms with E-state index in [1.165, 1.54) is 4.21 Å². The predicted molar refractivity (Wildman–Crippen MR) is 50.3 cm³/mol. The quantitative estimate of drug-likeness (QED) is 0.557. The molecule has 0 saturated heterocycles. The minimum atomic E-state index is -0.373. The third-order valence-electron chi connectivity index (χ3n) is 1.01. The summed E-state index contributed by atoms with van der Waals surface area (Å²) in [6.07, 6.45) is 0. The van der Waals surface area contributed by atoms with Crippen molar-refractivity contribution >= 4 is 34.7 Å². The van der Waals surface area contributed by atoms with Crippen LogP contribution in [0.1, 0.15) is 0 Å². The molecule has 0 fully saturated rings.